The van der Waals surface area contributed by atoms with Gasteiger partial charge in [0, 0.05) is 5.69 Å². The molecule has 1 aromatic heterocycles. The molecule has 5 nitrogen and oxygen atoms in total. The Morgan fingerprint density at radius 1 is 1.19 bits per heavy atom. The Balaban J connectivity index is 1.93. The van der Waals surface area contributed by atoms with Gasteiger partial charge in [0.1, 0.15) is 5.82 Å². The average Bonchev–Trinajstić information content (AvgIpc) is 3.03. The highest BCUT2D eigenvalue weighted by Crippen LogP contribution is 2.23. The van der Waals surface area contributed by atoms with Crippen molar-refractivity contribution in [2.45, 2.75) is 20.8 Å². The molecule has 3 aromatic rings. The van der Waals surface area contributed by atoms with Gasteiger partial charge in [-0.3, -0.25) is 4.79 Å². The van der Waals surface area contributed by atoms with Crippen molar-refractivity contribution in [1.82, 2.24) is 9.78 Å². The van der Waals surface area contributed by atoms with E-state index in [-0.39, 0.29) is 17.4 Å². The Morgan fingerprint density at radius 3 is 2.62 bits per heavy atom. The predicted octanol–water partition coefficient (Wildman–Crippen LogP) is 4.28. The molecule has 1 amide bonds. The summed E-state index contributed by atoms with van der Waals surface area (Å²) in [5.74, 6) is -0.318. The summed E-state index contributed by atoms with van der Waals surface area (Å²) < 4.78 is 20.2. The lowest BCUT2D eigenvalue weighted by Crippen LogP contribution is -2.15. The quantitative estimate of drug-likeness (QED) is 0.745. The fourth-order valence-corrected chi connectivity index (χ4v) is 2.55. The van der Waals surface area contributed by atoms with Crippen LogP contribution in [0.15, 0.2) is 48.7 Å². The van der Waals surface area contributed by atoms with E-state index in [0.29, 0.717) is 18.0 Å². The summed E-state index contributed by atoms with van der Waals surface area (Å²) >= 11 is 0. The Bertz CT molecular complexity index is 933. The van der Waals surface area contributed by atoms with E-state index in [1.165, 1.54) is 16.8 Å². The Labute approximate surface area is 151 Å². The smallest absolute Gasteiger partial charge is 0.280 e. The molecule has 3 rings (SSSR count). The minimum atomic E-state index is -0.358. The highest BCUT2D eigenvalue weighted by molar-refractivity contribution is 6.05. The van der Waals surface area contributed by atoms with Crippen molar-refractivity contribution >= 4 is 11.6 Å². The third-order valence-corrected chi connectivity index (χ3v) is 3.93. The molecule has 0 aliphatic carbocycles. The van der Waals surface area contributed by atoms with E-state index in [0.717, 1.165) is 16.8 Å². The van der Waals surface area contributed by atoms with Gasteiger partial charge in [-0.1, -0.05) is 12.1 Å². The summed E-state index contributed by atoms with van der Waals surface area (Å²) in [6, 6.07) is 11.7. The maximum Gasteiger partial charge on any atom is 0.280 e. The zero-order valence-corrected chi connectivity index (χ0v) is 14.9. The number of benzene rings is 2. The van der Waals surface area contributed by atoms with Crippen molar-refractivity contribution in [3.05, 3.63) is 71.3 Å². The molecule has 0 radical (unpaired) electrons. The zero-order valence-electron chi connectivity index (χ0n) is 14.9. The standard InChI is InChI=1S/C20H20FN3O2/c1-4-26-18-12-24(16-9-7-15(21)8-10-16)23-19(18)20(25)22-17-11-13(2)5-6-14(17)3/h5-12H,4H2,1-3H3,(H,22,25). The summed E-state index contributed by atoms with van der Waals surface area (Å²) in [5, 5.41) is 7.22. The molecule has 1 N–H and O–H groups in total. The van der Waals surface area contributed by atoms with Crippen molar-refractivity contribution in [2.75, 3.05) is 11.9 Å². The van der Waals surface area contributed by atoms with Crippen LogP contribution >= 0.6 is 0 Å². The topological polar surface area (TPSA) is 56.2 Å². The number of halogens is 1. The van der Waals surface area contributed by atoms with E-state index >= 15 is 0 Å². The van der Waals surface area contributed by atoms with Crippen LogP contribution in [0.4, 0.5) is 10.1 Å². The van der Waals surface area contributed by atoms with Crippen LogP contribution in [-0.2, 0) is 0 Å². The van der Waals surface area contributed by atoms with Gasteiger partial charge in [0.25, 0.3) is 5.91 Å². The van der Waals surface area contributed by atoms with Crippen molar-refractivity contribution in [3.8, 4) is 11.4 Å². The molecular formula is C20H20FN3O2. The van der Waals surface area contributed by atoms with E-state index in [9.17, 15) is 9.18 Å². The van der Waals surface area contributed by atoms with Crippen LogP contribution in [0.25, 0.3) is 5.69 Å². The number of aryl methyl sites for hydroxylation is 2. The van der Waals surface area contributed by atoms with E-state index < -0.39 is 0 Å². The molecule has 0 atom stereocenters. The fourth-order valence-electron chi connectivity index (χ4n) is 2.55. The summed E-state index contributed by atoms with van der Waals surface area (Å²) in [6.07, 6.45) is 1.62. The first-order chi connectivity index (χ1) is 12.5. The van der Waals surface area contributed by atoms with Crippen LogP contribution in [0, 0.1) is 19.7 Å². The SMILES string of the molecule is CCOc1cn(-c2ccc(F)cc2)nc1C(=O)Nc1cc(C)ccc1C. The number of rotatable bonds is 5. The molecule has 0 saturated carbocycles. The summed E-state index contributed by atoms with van der Waals surface area (Å²) in [5.41, 5.74) is 3.55. The number of nitrogens with one attached hydrogen (secondary N) is 1. The maximum absolute atomic E-state index is 13.1. The number of ether oxygens (including phenoxy) is 1. The van der Waals surface area contributed by atoms with Gasteiger partial charge in [-0.05, 0) is 62.2 Å². The summed E-state index contributed by atoms with van der Waals surface area (Å²) in [6.45, 7) is 6.13. The molecule has 2 aromatic carbocycles. The Morgan fingerprint density at radius 2 is 1.92 bits per heavy atom. The molecule has 1 heterocycles. The minimum absolute atomic E-state index is 0.178. The minimum Gasteiger partial charge on any atom is -0.490 e. The van der Waals surface area contributed by atoms with Crippen molar-refractivity contribution in [3.63, 3.8) is 0 Å². The van der Waals surface area contributed by atoms with Crippen LogP contribution in [0.5, 0.6) is 5.75 Å². The Hall–Kier alpha value is -3.15. The van der Waals surface area contributed by atoms with Gasteiger partial charge >= 0.3 is 0 Å². The van der Waals surface area contributed by atoms with Gasteiger partial charge in [0.15, 0.2) is 11.4 Å². The number of carbonyl (C=O) groups is 1. The van der Waals surface area contributed by atoms with Crippen LogP contribution in [-0.4, -0.2) is 22.3 Å². The van der Waals surface area contributed by atoms with Crippen molar-refractivity contribution in [1.29, 1.82) is 0 Å². The Kier molecular flexibility index (Phi) is 5.02. The van der Waals surface area contributed by atoms with Crippen molar-refractivity contribution < 1.29 is 13.9 Å². The first-order valence-electron chi connectivity index (χ1n) is 8.35. The van der Waals surface area contributed by atoms with Crippen LogP contribution in [0.3, 0.4) is 0 Å². The fraction of sp³-hybridized carbons (Fsp3) is 0.200. The molecule has 134 valence electrons. The van der Waals surface area contributed by atoms with Crippen molar-refractivity contribution in [2.24, 2.45) is 0 Å². The normalized spacial score (nSPS) is 10.6. The van der Waals surface area contributed by atoms with Crippen LogP contribution in [0.1, 0.15) is 28.5 Å². The van der Waals surface area contributed by atoms with Crippen LogP contribution in [0.2, 0.25) is 0 Å². The van der Waals surface area contributed by atoms with E-state index in [2.05, 4.69) is 10.4 Å². The first kappa shape index (κ1) is 17.7. The van der Waals surface area contributed by atoms with Crippen LogP contribution < -0.4 is 10.1 Å². The zero-order chi connectivity index (χ0) is 18.7. The molecule has 0 aliphatic rings. The molecule has 0 saturated heterocycles. The van der Waals surface area contributed by atoms with Gasteiger partial charge in [0.2, 0.25) is 0 Å². The van der Waals surface area contributed by atoms with Gasteiger partial charge in [-0.25, -0.2) is 9.07 Å². The number of nitrogens with zero attached hydrogens (tertiary/aromatic N) is 2. The molecule has 0 bridgehead atoms. The highest BCUT2D eigenvalue weighted by Gasteiger charge is 2.19. The second-order valence-electron chi connectivity index (χ2n) is 5.97. The lowest BCUT2D eigenvalue weighted by atomic mass is 10.1. The maximum atomic E-state index is 13.1. The molecule has 0 aliphatic heterocycles. The predicted molar refractivity (Wildman–Crippen MR) is 98.6 cm³/mol. The highest BCUT2D eigenvalue weighted by atomic mass is 19.1. The van der Waals surface area contributed by atoms with E-state index in [1.807, 2.05) is 39.0 Å². The lowest BCUT2D eigenvalue weighted by Gasteiger charge is -2.09. The third-order valence-electron chi connectivity index (χ3n) is 3.93. The summed E-state index contributed by atoms with van der Waals surface area (Å²) in [4.78, 5) is 12.7. The largest absolute Gasteiger partial charge is 0.490 e. The molecular weight excluding hydrogens is 333 g/mol. The molecule has 26 heavy (non-hydrogen) atoms. The van der Waals surface area contributed by atoms with Gasteiger partial charge < -0.3 is 10.1 Å². The number of hydrogen-bond donors (Lipinski definition) is 1. The van der Waals surface area contributed by atoms with E-state index in [1.54, 1.807) is 18.3 Å². The lowest BCUT2D eigenvalue weighted by molar-refractivity contribution is 0.101. The molecule has 0 fully saturated rings. The number of anilines is 1. The van der Waals surface area contributed by atoms with Gasteiger partial charge in [0.05, 0.1) is 18.5 Å². The summed E-state index contributed by atoms with van der Waals surface area (Å²) in [7, 11) is 0. The second kappa shape index (κ2) is 7.39. The van der Waals surface area contributed by atoms with Gasteiger partial charge in [-0.15, -0.1) is 0 Å². The number of hydrogen-bond acceptors (Lipinski definition) is 3. The second-order valence-corrected chi connectivity index (χ2v) is 5.97. The number of amides is 1. The molecule has 0 unspecified atom stereocenters. The molecule has 6 heteroatoms. The van der Waals surface area contributed by atoms with Gasteiger partial charge in [-0.2, -0.15) is 5.10 Å². The first-order valence-corrected chi connectivity index (χ1v) is 8.35. The number of carbonyl (C=O) groups excluding carboxylic acids is 1. The number of aromatic nitrogens is 2. The monoisotopic (exact) mass is 353 g/mol. The third kappa shape index (κ3) is 3.74. The van der Waals surface area contributed by atoms with E-state index in [4.69, 9.17) is 4.74 Å². The average molecular weight is 353 g/mol. The molecule has 0 spiro atoms.